The minimum atomic E-state index is -0.0253. The summed E-state index contributed by atoms with van der Waals surface area (Å²) < 4.78 is 7.66. The molecule has 0 N–H and O–H groups in total. The molecule has 152 valence electrons. The van der Waals surface area contributed by atoms with E-state index in [1.807, 2.05) is 49.7 Å². The van der Waals surface area contributed by atoms with Crippen LogP contribution in [0.25, 0.3) is 0 Å². The third-order valence-corrected chi connectivity index (χ3v) is 5.11. The van der Waals surface area contributed by atoms with E-state index in [1.165, 1.54) is 16.7 Å². The van der Waals surface area contributed by atoms with Crippen molar-refractivity contribution in [3.8, 4) is 5.75 Å². The summed E-state index contributed by atoms with van der Waals surface area (Å²) in [5.74, 6) is 0.789. The molecule has 2 aromatic carbocycles. The summed E-state index contributed by atoms with van der Waals surface area (Å²) in [6, 6.07) is 16.3. The van der Waals surface area contributed by atoms with Gasteiger partial charge in [0.2, 0.25) is 0 Å². The lowest BCUT2D eigenvalue weighted by Crippen LogP contribution is -2.31. The summed E-state index contributed by atoms with van der Waals surface area (Å²) >= 11 is 0. The van der Waals surface area contributed by atoms with Crippen LogP contribution in [0.3, 0.4) is 0 Å². The van der Waals surface area contributed by atoms with Crippen molar-refractivity contribution < 1.29 is 9.53 Å². The highest BCUT2D eigenvalue weighted by Crippen LogP contribution is 2.17. The van der Waals surface area contributed by atoms with Gasteiger partial charge in [-0.1, -0.05) is 47.5 Å². The number of hydrogen-bond donors (Lipinski definition) is 0. The first kappa shape index (κ1) is 20.6. The summed E-state index contributed by atoms with van der Waals surface area (Å²) in [5, 5.41) is 4.61. The van der Waals surface area contributed by atoms with Gasteiger partial charge in [-0.15, -0.1) is 0 Å². The van der Waals surface area contributed by atoms with Crippen LogP contribution >= 0.6 is 0 Å². The first-order valence-electron chi connectivity index (χ1n) is 9.89. The fourth-order valence-corrected chi connectivity index (χ4v) is 3.25. The lowest BCUT2D eigenvalue weighted by molar-refractivity contribution is 0.0772. The Labute approximate surface area is 172 Å². The smallest absolute Gasteiger partial charge is 0.257 e. The number of ether oxygens (including phenoxy) is 1. The number of carbonyl (C=O) groups is 1. The van der Waals surface area contributed by atoms with E-state index >= 15 is 0 Å². The van der Waals surface area contributed by atoms with Crippen LogP contribution in [-0.2, 0) is 6.54 Å². The van der Waals surface area contributed by atoms with Gasteiger partial charge in [0.05, 0.1) is 24.3 Å². The molecule has 29 heavy (non-hydrogen) atoms. The number of carbonyl (C=O) groups excluding carboxylic acids is 1. The molecule has 0 spiro atoms. The molecule has 0 bridgehead atoms. The summed E-state index contributed by atoms with van der Waals surface area (Å²) in [4.78, 5) is 14.7. The topological polar surface area (TPSA) is 47.4 Å². The van der Waals surface area contributed by atoms with Gasteiger partial charge in [0.25, 0.3) is 5.91 Å². The number of benzene rings is 2. The van der Waals surface area contributed by atoms with Crippen LogP contribution in [0, 0.1) is 27.7 Å². The lowest BCUT2D eigenvalue weighted by atomic mass is 10.1. The van der Waals surface area contributed by atoms with E-state index < -0.39 is 0 Å². The average molecular weight is 392 g/mol. The van der Waals surface area contributed by atoms with E-state index in [4.69, 9.17) is 4.74 Å². The van der Waals surface area contributed by atoms with E-state index in [2.05, 4.69) is 36.3 Å². The quantitative estimate of drug-likeness (QED) is 0.603. The van der Waals surface area contributed by atoms with Crippen molar-refractivity contribution >= 4 is 5.91 Å². The molecule has 0 aliphatic carbocycles. The van der Waals surface area contributed by atoms with Gasteiger partial charge >= 0.3 is 0 Å². The number of amides is 1. The van der Waals surface area contributed by atoms with Gasteiger partial charge in [-0.2, -0.15) is 5.10 Å². The summed E-state index contributed by atoms with van der Waals surface area (Å²) in [6.07, 6.45) is 0. The zero-order valence-electron chi connectivity index (χ0n) is 17.9. The molecular weight excluding hydrogens is 362 g/mol. The van der Waals surface area contributed by atoms with Crippen molar-refractivity contribution in [2.24, 2.45) is 0 Å². The normalized spacial score (nSPS) is 10.8. The van der Waals surface area contributed by atoms with Gasteiger partial charge in [-0.3, -0.25) is 9.48 Å². The second-order valence-corrected chi connectivity index (χ2v) is 7.58. The SMILES string of the molecule is Cc1ccc(Cn2nc(C)c(C(=O)N(C)CCOc3ccc(C)cc3)c2C)cc1. The molecule has 0 atom stereocenters. The lowest BCUT2D eigenvalue weighted by Gasteiger charge is -2.18. The maximum atomic E-state index is 13.0. The molecule has 5 heteroatoms. The molecule has 1 amide bonds. The van der Waals surface area contributed by atoms with Crippen molar-refractivity contribution in [1.82, 2.24) is 14.7 Å². The molecule has 0 aliphatic rings. The van der Waals surface area contributed by atoms with Gasteiger partial charge in [-0.25, -0.2) is 0 Å². The van der Waals surface area contributed by atoms with Crippen LogP contribution in [0.5, 0.6) is 5.75 Å². The Morgan fingerprint density at radius 1 is 0.966 bits per heavy atom. The zero-order valence-corrected chi connectivity index (χ0v) is 17.9. The Hall–Kier alpha value is -3.08. The maximum Gasteiger partial charge on any atom is 0.257 e. The Bertz CT molecular complexity index is 973. The number of aryl methyl sites for hydroxylation is 3. The van der Waals surface area contributed by atoms with Crippen LogP contribution in [0.15, 0.2) is 48.5 Å². The Balaban J connectivity index is 1.64. The fourth-order valence-electron chi connectivity index (χ4n) is 3.25. The molecular formula is C24H29N3O2. The predicted molar refractivity (Wildman–Crippen MR) is 116 cm³/mol. The average Bonchev–Trinajstić information content (AvgIpc) is 2.97. The van der Waals surface area contributed by atoms with Gasteiger partial charge in [0.1, 0.15) is 12.4 Å². The Morgan fingerprint density at radius 3 is 2.17 bits per heavy atom. The van der Waals surface area contributed by atoms with Crippen LogP contribution in [0.1, 0.15) is 38.4 Å². The number of likely N-dealkylation sites (N-methyl/N-ethyl adjacent to an activating group) is 1. The number of hydrogen-bond acceptors (Lipinski definition) is 3. The Morgan fingerprint density at radius 2 is 1.55 bits per heavy atom. The van der Waals surface area contributed by atoms with E-state index in [9.17, 15) is 4.79 Å². The third-order valence-electron chi connectivity index (χ3n) is 5.11. The van der Waals surface area contributed by atoms with E-state index in [0.29, 0.717) is 25.3 Å². The molecule has 0 aliphatic heterocycles. The number of nitrogens with zero attached hydrogens (tertiary/aromatic N) is 3. The molecule has 3 rings (SSSR count). The molecule has 0 radical (unpaired) electrons. The van der Waals surface area contributed by atoms with Crippen molar-refractivity contribution in [3.63, 3.8) is 0 Å². The van der Waals surface area contributed by atoms with E-state index in [0.717, 1.165) is 17.1 Å². The van der Waals surface area contributed by atoms with Gasteiger partial charge in [0, 0.05) is 12.7 Å². The first-order chi connectivity index (χ1) is 13.8. The van der Waals surface area contributed by atoms with Crippen LogP contribution < -0.4 is 4.74 Å². The zero-order chi connectivity index (χ0) is 21.0. The molecule has 1 heterocycles. The van der Waals surface area contributed by atoms with Crippen LogP contribution in [0.4, 0.5) is 0 Å². The molecule has 0 unspecified atom stereocenters. The Kier molecular flexibility index (Phi) is 6.37. The van der Waals surface area contributed by atoms with Gasteiger partial charge < -0.3 is 9.64 Å². The van der Waals surface area contributed by atoms with Gasteiger partial charge in [0.15, 0.2) is 0 Å². The second kappa shape index (κ2) is 8.95. The summed E-state index contributed by atoms with van der Waals surface area (Å²) in [6.45, 7) is 9.57. The molecule has 3 aromatic rings. The number of rotatable bonds is 7. The van der Waals surface area contributed by atoms with Crippen molar-refractivity contribution in [3.05, 3.63) is 82.2 Å². The van der Waals surface area contributed by atoms with E-state index in [-0.39, 0.29) is 5.91 Å². The minimum Gasteiger partial charge on any atom is -0.492 e. The molecule has 0 saturated heterocycles. The molecule has 1 aromatic heterocycles. The first-order valence-corrected chi connectivity index (χ1v) is 9.89. The minimum absolute atomic E-state index is 0.0253. The van der Waals surface area contributed by atoms with E-state index in [1.54, 1.807) is 11.9 Å². The number of aromatic nitrogens is 2. The van der Waals surface area contributed by atoms with Crippen molar-refractivity contribution in [2.45, 2.75) is 34.2 Å². The van der Waals surface area contributed by atoms with Gasteiger partial charge in [-0.05, 0) is 45.4 Å². The van der Waals surface area contributed by atoms with Crippen LogP contribution in [-0.4, -0.2) is 40.8 Å². The predicted octanol–water partition coefficient (Wildman–Crippen LogP) is 4.32. The summed E-state index contributed by atoms with van der Waals surface area (Å²) in [7, 11) is 1.80. The monoisotopic (exact) mass is 391 g/mol. The fraction of sp³-hybridized carbons (Fsp3) is 0.333. The molecule has 0 fully saturated rings. The molecule has 5 nitrogen and oxygen atoms in total. The summed E-state index contributed by atoms with van der Waals surface area (Å²) in [5.41, 5.74) is 5.91. The highest BCUT2D eigenvalue weighted by Gasteiger charge is 2.21. The maximum absolute atomic E-state index is 13.0. The van der Waals surface area contributed by atoms with Crippen molar-refractivity contribution in [1.29, 1.82) is 0 Å². The van der Waals surface area contributed by atoms with Crippen molar-refractivity contribution in [2.75, 3.05) is 20.2 Å². The third kappa shape index (κ3) is 5.05. The standard InChI is InChI=1S/C24H29N3O2/c1-17-6-10-21(11-7-17)16-27-20(4)23(19(3)25-27)24(28)26(5)14-15-29-22-12-8-18(2)9-13-22/h6-13H,14-16H2,1-5H3. The largest absolute Gasteiger partial charge is 0.492 e. The molecule has 0 saturated carbocycles. The highest BCUT2D eigenvalue weighted by atomic mass is 16.5. The van der Waals surface area contributed by atoms with Crippen LogP contribution in [0.2, 0.25) is 0 Å². The second-order valence-electron chi connectivity index (χ2n) is 7.58. The highest BCUT2D eigenvalue weighted by molar-refractivity contribution is 5.96.